The van der Waals surface area contributed by atoms with E-state index in [0.717, 1.165) is 0 Å². The Morgan fingerprint density at radius 1 is 1.64 bits per heavy atom. The number of hydrogen-bond acceptors (Lipinski definition) is 1. The van der Waals surface area contributed by atoms with Gasteiger partial charge in [0, 0.05) is 18.8 Å². The van der Waals surface area contributed by atoms with Crippen LogP contribution < -0.4 is 5.32 Å². The molecule has 0 aromatic heterocycles. The Labute approximate surface area is 67.1 Å². The van der Waals surface area contributed by atoms with E-state index in [2.05, 4.69) is 5.32 Å². The lowest BCUT2D eigenvalue weighted by molar-refractivity contribution is 0.203. The van der Waals surface area contributed by atoms with Crippen molar-refractivity contribution in [1.82, 2.24) is 10.2 Å². The van der Waals surface area contributed by atoms with Crippen LogP contribution in [0.5, 0.6) is 0 Å². The molecule has 0 bridgehead atoms. The highest BCUT2D eigenvalue weighted by Gasteiger charge is 2.17. The first-order valence-corrected chi connectivity index (χ1v) is 3.84. The summed E-state index contributed by atoms with van der Waals surface area (Å²) in [7, 11) is 0. The summed E-state index contributed by atoms with van der Waals surface area (Å²) in [6.45, 7) is 6.68. The van der Waals surface area contributed by atoms with E-state index >= 15 is 0 Å². The summed E-state index contributed by atoms with van der Waals surface area (Å²) in [4.78, 5) is 12.9. The molecule has 1 N–H and O–H groups in total. The summed E-state index contributed by atoms with van der Waals surface area (Å²) in [6.07, 6.45) is 1.91. The predicted octanol–water partition coefficient (Wildman–Crippen LogP) is 1.32. The molecule has 11 heavy (non-hydrogen) atoms. The van der Waals surface area contributed by atoms with Crippen molar-refractivity contribution in [3.05, 3.63) is 11.8 Å². The summed E-state index contributed by atoms with van der Waals surface area (Å²) in [5.41, 5.74) is 1.19. The van der Waals surface area contributed by atoms with E-state index in [4.69, 9.17) is 0 Å². The Kier molecular flexibility index (Phi) is 2.17. The van der Waals surface area contributed by atoms with Gasteiger partial charge in [0.25, 0.3) is 0 Å². The van der Waals surface area contributed by atoms with Crippen molar-refractivity contribution in [3.8, 4) is 0 Å². The molecule has 2 amide bonds. The lowest BCUT2D eigenvalue weighted by Gasteiger charge is -2.27. The van der Waals surface area contributed by atoms with Gasteiger partial charge >= 0.3 is 6.03 Å². The lowest BCUT2D eigenvalue weighted by atomic mass is 10.2. The summed E-state index contributed by atoms with van der Waals surface area (Å²) in [5, 5.41) is 2.78. The van der Waals surface area contributed by atoms with Crippen LogP contribution in [0.3, 0.4) is 0 Å². The lowest BCUT2D eigenvalue weighted by Crippen LogP contribution is -2.44. The first-order valence-electron chi connectivity index (χ1n) is 3.84. The van der Waals surface area contributed by atoms with Gasteiger partial charge in [-0.2, -0.15) is 0 Å². The molecule has 1 aliphatic heterocycles. The van der Waals surface area contributed by atoms with Crippen LogP contribution in [-0.4, -0.2) is 23.5 Å². The number of carbonyl (C=O) groups excluding carboxylic acids is 1. The minimum Gasteiger partial charge on any atom is -0.334 e. The molecule has 1 aliphatic rings. The van der Waals surface area contributed by atoms with E-state index in [1.165, 1.54) is 5.57 Å². The Morgan fingerprint density at radius 3 is 2.73 bits per heavy atom. The second kappa shape index (κ2) is 2.95. The summed E-state index contributed by atoms with van der Waals surface area (Å²) < 4.78 is 0. The van der Waals surface area contributed by atoms with Crippen LogP contribution in [0.1, 0.15) is 20.8 Å². The number of carbonyl (C=O) groups is 1. The Bertz CT molecular complexity index is 196. The SMILES string of the molecule is CC1=CN(C(C)C)C(=O)NC1. The van der Waals surface area contributed by atoms with Crippen molar-refractivity contribution in [2.75, 3.05) is 6.54 Å². The van der Waals surface area contributed by atoms with Gasteiger partial charge in [0.15, 0.2) is 0 Å². The molecule has 0 radical (unpaired) electrons. The average molecular weight is 154 g/mol. The van der Waals surface area contributed by atoms with E-state index < -0.39 is 0 Å². The van der Waals surface area contributed by atoms with E-state index in [0.29, 0.717) is 6.54 Å². The Morgan fingerprint density at radius 2 is 2.27 bits per heavy atom. The average Bonchev–Trinajstić information content (AvgIpc) is 1.94. The van der Waals surface area contributed by atoms with Gasteiger partial charge in [0.05, 0.1) is 0 Å². The normalized spacial score (nSPS) is 18.4. The van der Waals surface area contributed by atoms with Gasteiger partial charge in [0.2, 0.25) is 0 Å². The Balaban J connectivity index is 2.75. The van der Waals surface area contributed by atoms with Crippen molar-refractivity contribution < 1.29 is 4.79 Å². The van der Waals surface area contributed by atoms with Gasteiger partial charge < -0.3 is 5.32 Å². The standard InChI is InChI=1S/C8H14N2O/c1-6(2)10-5-7(3)4-9-8(10)11/h5-6H,4H2,1-3H3,(H,9,11). The zero-order chi connectivity index (χ0) is 8.43. The highest BCUT2D eigenvalue weighted by atomic mass is 16.2. The molecule has 0 fully saturated rings. The highest BCUT2D eigenvalue weighted by Crippen LogP contribution is 2.07. The fraction of sp³-hybridized carbons (Fsp3) is 0.625. The van der Waals surface area contributed by atoms with Crippen LogP contribution in [0.15, 0.2) is 11.8 Å². The van der Waals surface area contributed by atoms with Crippen LogP contribution in [0.4, 0.5) is 4.79 Å². The van der Waals surface area contributed by atoms with Crippen LogP contribution in [0.25, 0.3) is 0 Å². The molecule has 0 unspecified atom stereocenters. The van der Waals surface area contributed by atoms with E-state index in [9.17, 15) is 4.79 Å². The minimum atomic E-state index is 0.00519. The zero-order valence-electron chi connectivity index (χ0n) is 7.22. The smallest absolute Gasteiger partial charge is 0.321 e. The molecule has 0 saturated carbocycles. The van der Waals surface area contributed by atoms with E-state index in [-0.39, 0.29) is 12.1 Å². The summed E-state index contributed by atoms with van der Waals surface area (Å²) in [5.74, 6) is 0. The fourth-order valence-electron chi connectivity index (χ4n) is 1.03. The molecule has 0 aromatic rings. The second-order valence-electron chi connectivity index (χ2n) is 3.14. The van der Waals surface area contributed by atoms with Crippen molar-refractivity contribution in [2.24, 2.45) is 0 Å². The third-order valence-electron chi connectivity index (χ3n) is 1.67. The molecule has 62 valence electrons. The molecule has 0 spiro atoms. The fourth-order valence-corrected chi connectivity index (χ4v) is 1.03. The number of rotatable bonds is 1. The second-order valence-corrected chi connectivity index (χ2v) is 3.14. The van der Waals surface area contributed by atoms with Gasteiger partial charge in [-0.1, -0.05) is 0 Å². The molecule has 0 aromatic carbocycles. The van der Waals surface area contributed by atoms with Crippen molar-refractivity contribution in [2.45, 2.75) is 26.8 Å². The van der Waals surface area contributed by atoms with Crippen molar-refractivity contribution in [3.63, 3.8) is 0 Å². The van der Waals surface area contributed by atoms with Crippen LogP contribution in [0.2, 0.25) is 0 Å². The van der Waals surface area contributed by atoms with Gasteiger partial charge in [-0.3, -0.25) is 4.90 Å². The van der Waals surface area contributed by atoms with Gasteiger partial charge in [-0.15, -0.1) is 0 Å². The zero-order valence-corrected chi connectivity index (χ0v) is 7.22. The quantitative estimate of drug-likeness (QED) is 0.607. The largest absolute Gasteiger partial charge is 0.334 e. The maximum atomic E-state index is 11.2. The van der Waals surface area contributed by atoms with Crippen LogP contribution >= 0.6 is 0 Å². The Hall–Kier alpha value is -0.990. The van der Waals surface area contributed by atoms with E-state index in [1.54, 1.807) is 4.90 Å². The van der Waals surface area contributed by atoms with Gasteiger partial charge in [-0.25, -0.2) is 4.79 Å². The van der Waals surface area contributed by atoms with Gasteiger partial charge in [0.1, 0.15) is 0 Å². The number of nitrogens with one attached hydrogen (secondary N) is 1. The van der Waals surface area contributed by atoms with Crippen molar-refractivity contribution in [1.29, 1.82) is 0 Å². The highest BCUT2D eigenvalue weighted by molar-refractivity contribution is 5.77. The minimum absolute atomic E-state index is 0.00519. The number of urea groups is 1. The van der Waals surface area contributed by atoms with Crippen LogP contribution in [-0.2, 0) is 0 Å². The van der Waals surface area contributed by atoms with E-state index in [1.807, 2.05) is 27.0 Å². The molecule has 3 nitrogen and oxygen atoms in total. The molecule has 1 heterocycles. The molecule has 0 aliphatic carbocycles. The molecule has 0 saturated heterocycles. The molecular weight excluding hydrogens is 140 g/mol. The number of hydrogen-bond donors (Lipinski definition) is 1. The topological polar surface area (TPSA) is 32.3 Å². The molecule has 3 heteroatoms. The molecule has 0 atom stereocenters. The molecule has 1 rings (SSSR count). The summed E-state index contributed by atoms with van der Waals surface area (Å²) in [6, 6.07) is 0.246. The summed E-state index contributed by atoms with van der Waals surface area (Å²) >= 11 is 0. The third-order valence-corrected chi connectivity index (χ3v) is 1.67. The first-order chi connectivity index (χ1) is 5.11. The number of nitrogens with zero attached hydrogens (tertiary/aromatic N) is 1. The first kappa shape index (κ1) is 8.11. The van der Waals surface area contributed by atoms with Crippen LogP contribution in [0, 0.1) is 0 Å². The third kappa shape index (κ3) is 1.73. The maximum absolute atomic E-state index is 11.2. The molecular formula is C8H14N2O. The van der Waals surface area contributed by atoms with Gasteiger partial charge in [-0.05, 0) is 26.3 Å². The predicted molar refractivity (Wildman–Crippen MR) is 44.1 cm³/mol. The number of amides is 2. The maximum Gasteiger partial charge on any atom is 0.321 e. The van der Waals surface area contributed by atoms with Crippen molar-refractivity contribution >= 4 is 6.03 Å². The monoisotopic (exact) mass is 154 g/mol.